The fourth-order valence-electron chi connectivity index (χ4n) is 2.50. The van der Waals surface area contributed by atoms with Gasteiger partial charge in [-0.25, -0.2) is 4.79 Å². The van der Waals surface area contributed by atoms with Crippen LogP contribution in [0.3, 0.4) is 0 Å². The van der Waals surface area contributed by atoms with Crippen molar-refractivity contribution in [1.29, 1.82) is 0 Å². The topological polar surface area (TPSA) is 110 Å². The summed E-state index contributed by atoms with van der Waals surface area (Å²) in [5, 5.41) is 11.6. The molecule has 1 amide bonds. The van der Waals surface area contributed by atoms with E-state index >= 15 is 0 Å². The summed E-state index contributed by atoms with van der Waals surface area (Å²) in [4.78, 5) is 45.8. The van der Waals surface area contributed by atoms with Crippen molar-refractivity contribution in [2.24, 2.45) is 13.0 Å². The van der Waals surface area contributed by atoms with Crippen LogP contribution < -0.4 is 16.6 Å². The number of nitrogens with one attached hydrogen (secondary N) is 1. The van der Waals surface area contributed by atoms with Crippen LogP contribution in [0.1, 0.15) is 19.3 Å². The molecule has 1 aliphatic carbocycles. The maximum absolute atomic E-state index is 11.9. The number of carboxylic acids is 1. The number of hydrogen-bond donors (Lipinski definition) is 2. The molecule has 8 nitrogen and oxygen atoms in total. The van der Waals surface area contributed by atoms with E-state index < -0.39 is 23.1 Å². The zero-order valence-corrected chi connectivity index (χ0v) is 11.6. The van der Waals surface area contributed by atoms with Gasteiger partial charge >= 0.3 is 11.7 Å². The zero-order valence-electron chi connectivity index (χ0n) is 11.6. The highest BCUT2D eigenvalue weighted by Crippen LogP contribution is 2.25. The molecule has 0 aromatic carbocycles. The van der Waals surface area contributed by atoms with Gasteiger partial charge in [0.15, 0.2) is 0 Å². The summed E-state index contributed by atoms with van der Waals surface area (Å²) in [6.07, 6.45) is 2.84. The Kier molecular flexibility index (Phi) is 4.25. The molecule has 1 aromatic heterocycles. The van der Waals surface area contributed by atoms with Crippen LogP contribution in [-0.4, -0.2) is 32.2 Å². The van der Waals surface area contributed by atoms with Gasteiger partial charge < -0.3 is 10.4 Å². The lowest BCUT2D eigenvalue weighted by Gasteiger charge is -2.13. The quantitative estimate of drug-likeness (QED) is 0.734. The summed E-state index contributed by atoms with van der Waals surface area (Å²) < 4.78 is 2.06. The van der Waals surface area contributed by atoms with Crippen molar-refractivity contribution in [2.75, 3.05) is 0 Å². The third-order valence-corrected chi connectivity index (χ3v) is 3.72. The predicted octanol–water partition coefficient (Wildman–Crippen LogP) is -1.08. The molecule has 21 heavy (non-hydrogen) atoms. The average molecular weight is 295 g/mol. The highest BCUT2D eigenvalue weighted by atomic mass is 16.4. The van der Waals surface area contributed by atoms with Crippen LogP contribution in [0.5, 0.6) is 0 Å². The minimum atomic E-state index is -0.846. The van der Waals surface area contributed by atoms with E-state index in [0.29, 0.717) is 19.3 Å². The van der Waals surface area contributed by atoms with Crippen LogP contribution in [0.15, 0.2) is 21.9 Å². The number of carbonyl (C=O) groups excluding carboxylic acids is 1. The van der Waals surface area contributed by atoms with Crippen molar-refractivity contribution in [3.8, 4) is 0 Å². The molecule has 1 fully saturated rings. The Morgan fingerprint density at radius 3 is 2.71 bits per heavy atom. The molecule has 0 aliphatic heterocycles. The number of amides is 1. The summed E-state index contributed by atoms with van der Waals surface area (Å²) in [6, 6.07) is 1.03. The minimum absolute atomic E-state index is 0.179. The van der Waals surface area contributed by atoms with Crippen molar-refractivity contribution in [3.05, 3.63) is 33.1 Å². The maximum atomic E-state index is 11.9. The van der Waals surface area contributed by atoms with E-state index in [1.165, 1.54) is 19.3 Å². The van der Waals surface area contributed by atoms with E-state index in [2.05, 4.69) is 5.32 Å². The second-order valence-electron chi connectivity index (χ2n) is 5.24. The van der Waals surface area contributed by atoms with Crippen molar-refractivity contribution in [3.63, 3.8) is 0 Å². The molecule has 1 heterocycles. The second-order valence-corrected chi connectivity index (χ2v) is 5.24. The number of carboxylic acid groups (broad SMARTS) is 1. The van der Waals surface area contributed by atoms with E-state index in [-0.39, 0.29) is 18.5 Å². The molecule has 2 rings (SSSR count). The lowest BCUT2D eigenvalue weighted by Crippen LogP contribution is -2.42. The molecule has 1 aromatic rings. The molecule has 0 radical (unpaired) electrons. The van der Waals surface area contributed by atoms with Gasteiger partial charge in [0.25, 0.3) is 5.56 Å². The molecule has 114 valence electrons. The summed E-state index contributed by atoms with van der Waals surface area (Å²) in [5.41, 5.74) is -0.996. The number of aromatic nitrogens is 2. The predicted molar refractivity (Wildman–Crippen MR) is 72.9 cm³/mol. The Hall–Kier alpha value is -2.38. The Bertz CT molecular complexity index is 675. The maximum Gasteiger partial charge on any atom is 0.331 e. The van der Waals surface area contributed by atoms with Crippen molar-refractivity contribution >= 4 is 11.9 Å². The zero-order chi connectivity index (χ0) is 15.6. The molecule has 8 heteroatoms. The summed E-state index contributed by atoms with van der Waals surface area (Å²) in [7, 11) is 1.34. The largest absolute Gasteiger partial charge is 0.481 e. The van der Waals surface area contributed by atoms with Crippen LogP contribution in [0.2, 0.25) is 0 Å². The SMILES string of the molecule is Cn1c(=O)ccn(CC(=O)N[C@@H]2CC[C@H](C(=O)O)C2)c1=O. The minimum Gasteiger partial charge on any atom is -0.481 e. The molecular weight excluding hydrogens is 278 g/mol. The lowest BCUT2D eigenvalue weighted by atomic mass is 10.1. The van der Waals surface area contributed by atoms with E-state index in [0.717, 1.165) is 9.13 Å². The first-order chi connectivity index (χ1) is 9.88. The third-order valence-electron chi connectivity index (χ3n) is 3.72. The monoisotopic (exact) mass is 295 g/mol. The first-order valence-corrected chi connectivity index (χ1v) is 6.67. The number of hydrogen-bond acceptors (Lipinski definition) is 4. The van der Waals surface area contributed by atoms with E-state index in [4.69, 9.17) is 5.11 Å². The fraction of sp³-hybridized carbons (Fsp3) is 0.538. The summed E-state index contributed by atoms with van der Waals surface area (Å²) in [5.74, 6) is -1.64. The molecule has 1 aliphatic rings. The third kappa shape index (κ3) is 3.39. The van der Waals surface area contributed by atoms with Gasteiger partial charge in [-0.15, -0.1) is 0 Å². The standard InChI is InChI=1S/C13H17N3O5/c1-15-11(18)4-5-16(13(15)21)7-10(17)14-9-3-2-8(6-9)12(19)20/h4-5,8-9H,2-3,6-7H2,1H3,(H,14,17)(H,19,20)/t8-,9+/m0/s1. The van der Waals surface area contributed by atoms with E-state index in [1.54, 1.807) is 0 Å². The fourth-order valence-corrected chi connectivity index (χ4v) is 2.50. The normalized spacial score (nSPS) is 21.2. The number of nitrogens with zero attached hydrogens (tertiary/aromatic N) is 2. The van der Waals surface area contributed by atoms with Gasteiger partial charge in [0.2, 0.25) is 5.91 Å². The van der Waals surface area contributed by atoms with Crippen molar-refractivity contribution in [2.45, 2.75) is 31.8 Å². The molecule has 0 saturated heterocycles. The Morgan fingerprint density at radius 1 is 1.38 bits per heavy atom. The molecule has 1 saturated carbocycles. The first kappa shape index (κ1) is 15.0. The highest BCUT2D eigenvalue weighted by Gasteiger charge is 2.30. The van der Waals surface area contributed by atoms with Gasteiger partial charge in [0, 0.05) is 25.4 Å². The molecule has 0 spiro atoms. The van der Waals surface area contributed by atoms with Crippen LogP contribution >= 0.6 is 0 Å². The smallest absolute Gasteiger partial charge is 0.331 e. The van der Waals surface area contributed by atoms with Gasteiger partial charge in [0.1, 0.15) is 6.54 Å². The van der Waals surface area contributed by atoms with Gasteiger partial charge in [-0.1, -0.05) is 0 Å². The van der Waals surface area contributed by atoms with Crippen LogP contribution in [0.4, 0.5) is 0 Å². The number of aliphatic carboxylic acids is 1. The van der Waals surface area contributed by atoms with Gasteiger partial charge in [-0.3, -0.25) is 23.5 Å². The van der Waals surface area contributed by atoms with E-state index in [9.17, 15) is 19.2 Å². The molecule has 2 atom stereocenters. The average Bonchev–Trinajstić information content (AvgIpc) is 2.88. The van der Waals surface area contributed by atoms with Crippen LogP contribution in [0, 0.1) is 5.92 Å². The van der Waals surface area contributed by atoms with Crippen LogP contribution in [0.25, 0.3) is 0 Å². The first-order valence-electron chi connectivity index (χ1n) is 6.67. The van der Waals surface area contributed by atoms with Crippen molar-refractivity contribution < 1.29 is 14.7 Å². The summed E-state index contributed by atoms with van der Waals surface area (Å²) in [6.45, 7) is -0.193. The molecule has 0 bridgehead atoms. The molecule has 2 N–H and O–H groups in total. The molecular formula is C13H17N3O5. The second kappa shape index (κ2) is 5.94. The number of rotatable bonds is 4. The molecule has 0 unspecified atom stereocenters. The van der Waals surface area contributed by atoms with Gasteiger partial charge in [-0.05, 0) is 19.3 Å². The van der Waals surface area contributed by atoms with E-state index in [1.807, 2.05) is 0 Å². The van der Waals surface area contributed by atoms with Gasteiger partial charge in [-0.2, -0.15) is 0 Å². The Morgan fingerprint density at radius 2 is 2.10 bits per heavy atom. The lowest BCUT2D eigenvalue weighted by molar-refractivity contribution is -0.141. The van der Waals surface area contributed by atoms with Crippen LogP contribution in [-0.2, 0) is 23.2 Å². The number of carbonyl (C=O) groups is 2. The Labute approximate surface area is 120 Å². The summed E-state index contributed by atoms with van der Waals surface area (Å²) >= 11 is 0. The Balaban J connectivity index is 1.97. The van der Waals surface area contributed by atoms with Crippen molar-refractivity contribution in [1.82, 2.24) is 14.5 Å². The highest BCUT2D eigenvalue weighted by molar-refractivity contribution is 5.76. The van der Waals surface area contributed by atoms with Gasteiger partial charge in [0.05, 0.1) is 5.92 Å².